The van der Waals surface area contributed by atoms with Crippen LogP contribution in [-0.4, -0.2) is 54.3 Å². The lowest BCUT2D eigenvalue weighted by molar-refractivity contribution is -0.147. The number of aliphatic hydroxyl groups is 1. The van der Waals surface area contributed by atoms with Gasteiger partial charge in [-0.05, 0) is 51.4 Å². The van der Waals surface area contributed by atoms with Crippen molar-refractivity contribution in [2.24, 2.45) is 0 Å². The van der Waals surface area contributed by atoms with Crippen molar-refractivity contribution in [2.75, 3.05) is 26.4 Å². The highest BCUT2D eigenvalue weighted by molar-refractivity contribution is 7.47. The second-order valence-electron chi connectivity index (χ2n) is 11.1. The number of esters is 1. The summed E-state index contributed by atoms with van der Waals surface area (Å²) in [6, 6.07) is 0. The number of hydrogen-bond donors (Lipinski definition) is 3. The summed E-state index contributed by atoms with van der Waals surface area (Å²) >= 11 is 0. The molecule has 10 heteroatoms. The predicted octanol–water partition coefficient (Wildman–Crippen LogP) is 8.76. The molecule has 9 nitrogen and oxygen atoms in total. The number of unbranched alkanes of at least 4 members (excludes halogenated alkanes) is 6. The van der Waals surface area contributed by atoms with Gasteiger partial charge in [-0.2, -0.15) is 0 Å². The molecule has 47 heavy (non-hydrogen) atoms. The Morgan fingerprint density at radius 3 is 1.74 bits per heavy atom. The molecule has 0 aromatic rings. The molecule has 268 valence electrons. The molecule has 2 atom stereocenters. The highest BCUT2D eigenvalue weighted by Crippen LogP contribution is 2.42. The van der Waals surface area contributed by atoms with Crippen LogP contribution >= 0.6 is 7.82 Å². The number of amides is 1. The van der Waals surface area contributed by atoms with Gasteiger partial charge in [-0.1, -0.05) is 125 Å². The van der Waals surface area contributed by atoms with Gasteiger partial charge in [0.25, 0.3) is 0 Å². The second-order valence-corrected chi connectivity index (χ2v) is 12.6. The summed E-state index contributed by atoms with van der Waals surface area (Å²) < 4.78 is 26.6. The minimum Gasteiger partial charge on any atom is -0.463 e. The molecule has 0 saturated heterocycles. The summed E-state index contributed by atoms with van der Waals surface area (Å²) in [5.41, 5.74) is 0. The van der Waals surface area contributed by atoms with E-state index < -0.39 is 26.5 Å². The minimum absolute atomic E-state index is 0.0696. The molecule has 0 radical (unpaired) electrons. The van der Waals surface area contributed by atoms with Crippen LogP contribution in [0.1, 0.15) is 117 Å². The van der Waals surface area contributed by atoms with Gasteiger partial charge in [0.1, 0.15) is 12.7 Å². The number of carbonyl (C=O) groups excluding carboxylic acids is 2. The van der Waals surface area contributed by atoms with E-state index >= 15 is 0 Å². The number of phosphoric ester groups is 1. The number of ether oxygens (including phenoxy) is 1. The topological polar surface area (TPSA) is 131 Å². The highest BCUT2D eigenvalue weighted by atomic mass is 31.2. The van der Waals surface area contributed by atoms with Crippen LogP contribution in [0.2, 0.25) is 0 Å². The third-order valence-corrected chi connectivity index (χ3v) is 7.65. The van der Waals surface area contributed by atoms with E-state index in [9.17, 15) is 24.2 Å². The van der Waals surface area contributed by atoms with Gasteiger partial charge < -0.3 is 20.1 Å². The maximum atomic E-state index is 12.0. The van der Waals surface area contributed by atoms with Crippen LogP contribution in [0.15, 0.2) is 72.9 Å². The molecule has 1 amide bonds. The minimum atomic E-state index is -4.42. The molecular formula is C37H62NO8P. The van der Waals surface area contributed by atoms with E-state index in [1.165, 1.54) is 25.7 Å². The van der Waals surface area contributed by atoms with E-state index in [2.05, 4.69) is 79.9 Å². The van der Waals surface area contributed by atoms with Gasteiger partial charge in [-0.15, -0.1) is 0 Å². The Hall–Kier alpha value is -2.55. The van der Waals surface area contributed by atoms with Crippen molar-refractivity contribution in [3.8, 4) is 0 Å². The molecule has 0 aliphatic rings. The lowest BCUT2D eigenvalue weighted by Crippen LogP contribution is -2.27. The summed E-state index contributed by atoms with van der Waals surface area (Å²) in [6.07, 6.45) is 38.6. The fourth-order valence-electron chi connectivity index (χ4n) is 4.05. The van der Waals surface area contributed by atoms with Crippen LogP contribution in [0.3, 0.4) is 0 Å². The number of carbonyl (C=O) groups is 2. The highest BCUT2D eigenvalue weighted by Gasteiger charge is 2.23. The van der Waals surface area contributed by atoms with E-state index in [0.29, 0.717) is 12.8 Å². The smallest absolute Gasteiger partial charge is 0.463 e. The molecule has 2 unspecified atom stereocenters. The van der Waals surface area contributed by atoms with Crippen LogP contribution in [-0.2, 0) is 27.9 Å². The lowest BCUT2D eigenvalue weighted by Gasteiger charge is -2.15. The zero-order valence-corrected chi connectivity index (χ0v) is 29.8. The quantitative estimate of drug-likeness (QED) is 0.0287. The van der Waals surface area contributed by atoms with Gasteiger partial charge >= 0.3 is 13.8 Å². The van der Waals surface area contributed by atoms with E-state index in [4.69, 9.17) is 13.8 Å². The average molecular weight is 680 g/mol. The van der Waals surface area contributed by atoms with Crippen LogP contribution in [0, 0.1) is 0 Å². The Morgan fingerprint density at radius 1 is 0.681 bits per heavy atom. The standard InChI is InChI=1S/C37H62NO8P/c1-3-5-7-9-11-12-13-14-15-16-17-18-19-20-21-22-24-26-28-30-37(41)44-33-35(39)34-46-47(42,43)45-32-31-38-36(40)29-27-25-23-10-8-6-4-2/h5,7,11-12,14-15,17-18,20-21,24,26,35,39H,3-4,6,8-10,13,16,19,22-23,25,27-34H2,1-2H3,(H,38,40)(H,42,43)/b7-5-,12-11-,15-14-,18-17-,21-20-,26-24-. The maximum Gasteiger partial charge on any atom is 0.472 e. The van der Waals surface area contributed by atoms with Crippen molar-refractivity contribution in [1.29, 1.82) is 0 Å². The largest absolute Gasteiger partial charge is 0.472 e. The molecule has 0 aliphatic heterocycles. The van der Waals surface area contributed by atoms with E-state index in [0.717, 1.165) is 57.8 Å². The molecule has 0 bridgehead atoms. The van der Waals surface area contributed by atoms with Gasteiger partial charge in [0.15, 0.2) is 0 Å². The molecule has 0 saturated carbocycles. The van der Waals surface area contributed by atoms with Gasteiger partial charge in [0.2, 0.25) is 5.91 Å². The van der Waals surface area contributed by atoms with E-state index in [-0.39, 0.29) is 32.1 Å². The summed E-state index contributed by atoms with van der Waals surface area (Å²) in [5.74, 6) is -0.617. The van der Waals surface area contributed by atoms with Gasteiger partial charge in [-0.25, -0.2) is 4.57 Å². The molecule has 0 aromatic heterocycles. The number of aliphatic hydroxyl groups excluding tert-OH is 1. The first-order chi connectivity index (χ1) is 22.8. The lowest BCUT2D eigenvalue weighted by atomic mass is 10.1. The van der Waals surface area contributed by atoms with Crippen molar-refractivity contribution in [2.45, 2.75) is 123 Å². The summed E-state index contributed by atoms with van der Waals surface area (Å²) in [7, 11) is -4.42. The van der Waals surface area contributed by atoms with Crippen molar-refractivity contribution in [3.05, 3.63) is 72.9 Å². The van der Waals surface area contributed by atoms with Crippen molar-refractivity contribution < 1.29 is 37.9 Å². The SMILES string of the molecule is CC/C=C\C/C=C\C/C=C\C/C=C\C/C=C\C/C=C\CCC(=O)OCC(O)COP(=O)(O)OCCNC(=O)CCCCCCCCC. The van der Waals surface area contributed by atoms with Gasteiger partial charge in [0, 0.05) is 19.4 Å². The first kappa shape index (κ1) is 44.5. The first-order valence-electron chi connectivity index (χ1n) is 17.4. The summed E-state index contributed by atoms with van der Waals surface area (Å²) in [4.78, 5) is 33.5. The number of nitrogens with one attached hydrogen (secondary N) is 1. The third kappa shape index (κ3) is 34.6. The van der Waals surface area contributed by atoms with Crippen molar-refractivity contribution in [3.63, 3.8) is 0 Å². The predicted molar refractivity (Wildman–Crippen MR) is 192 cm³/mol. The first-order valence-corrected chi connectivity index (χ1v) is 18.9. The van der Waals surface area contributed by atoms with Crippen LogP contribution in [0.5, 0.6) is 0 Å². The van der Waals surface area contributed by atoms with Crippen molar-refractivity contribution in [1.82, 2.24) is 5.32 Å². The Balaban J connectivity index is 3.80. The number of hydrogen-bond acceptors (Lipinski definition) is 7. The van der Waals surface area contributed by atoms with Crippen molar-refractivity contribution >= 4 is 19.7 Å². The molecule has 0 aromatic carbocycles. The van der Waals surface area contributed by atoms with Gasteiger partial charge in [0.05, 0.1) is 13.2 Å². The molecule has 0 aliphatic carbocycles. The average Bonchev–Trinajstić information content (AvgIpc) is 3.05. The second kappa shape index (κ2) is 33.4. The number of phosphoric acid groups is 1. The Morgan fingerprint density at radius 2 is 1.19 bits per heavy atom. The number of rotatable bonds is 31. The fourth-order valence-corrected chi connectivity index (χ4v) is 4.81. The summed E-state index contributed by atoms with van der Waals surface area (Å²) in [5, 5.41) is 12.6. The molecule has 0 heterocycles. The Labute approximate surface area is 284 Å². The van der Waals surface area contributed by atoms with Crippen LogP contribution in [0.4, 0.5) is 0 Å². The zero-order valence-electron chi connectivity index (χ0n) is 28.9. The zero-order chi connectivity index (χ0) is 34.7. The van der Waals surface area contributed by atoms with Crippen LogP contribution in [0.25, 0.3) is 0 Å². The monoisotopic (exact) mass is 679 g/mol. The number of allylic oxidation sites excluding steroid dienone is 12. The van der Waals surface area contributed by atoms with Gasteiger partial charge in [-0.3, -0.25) is 18.6 Å². The normalized spacial score (nSPS) is 14.4. The molecule has 0 spiro atoms. The fraction of sp³-hybridized carbons (Fsp3) is 0.622. The Kier molecular flexibility index (Phi) is 31.5. The molecular weight excluding hydrogens is 617 g/mol. The molecule has 3 N–H and O–H groups in total. The third-order valence-electron chi connectivity index (χ3n) is 6.66. The summed E-state index contributed by atoms with van der Waals surface area (Å²) in [6.45, 7) is 3.26. The van der Waals surface area contributed by atoms with E-state index in [1.807, 2.05) is 12.2 Å². The van der Waals surface area contributed by atoms with E-state index in [1.54, 1.807) is 0 Å². The maximum absolute atomic E-state index is 12.0. The molecule has 0 rings (SSSR count). The molecule has 0 fully saturated rings. The Bertz CT molecular complexity index is 1000. The van der Waals surface area contributed by atoms with Crippen LogP contribution < -0.4 is 5.32 Å².